The summed E-state index contributed by atoms with van der Waals surface area (Å²) >= 11 is 0. The molecule has 2 aliphatic rings. The molecule has 7 heteroatoms. The minimum absolute atomic E-state index is 0.0273. The molecule has 0 unspecified atom stereocenters. The van der Waals surface area contributed by atoms with E-state index in [-0.39, 0.29) is 11.7 Å². The first kappa shape index (κ1) is 23.0. The van der Waals surface area contributed by atoms with Gasteiger partial charge in [0.25, 0.3) is 0 Å². The molecule has 176 valence electrons. The fourth-order valence-electron chi connectivity index (χ4n) is 4.54. The molecule has 4 rings (SSSR count). The Balaban J connectivity index is 1.34. The van der Waals surface area contributed by atoms with Crippen LogP contribution in [-0.2, 0) is 11.2 Å². The molecule has 1 amide bonds. The summed E-state index contributed by atoms with van der Waals surface area (Å²) in [5.74, 6) is 2.25. The van der Waals surface area contributed by atoms with E-state index in [1.807, 2.05) is 29.2 Å². The molecule has 2 aliphatic heterocycles. The van der Waals surface area contributed by atoms with Gasteiger partial charge in [-0.25, -0.2) is 0 Å². The predicted octanol–water partition coefficient (Wildman–Crippen LogP) is 4.06. The van der Waals surface area contributed by atoms with E-state index in [2.05, 4.69) is 6.92 Å². The first-order valence-corrected chi connectivity index (χ1v) is 11.5. The number of methoxy groups -OCH3 is 2. The van der Waals surface area contributed by atoms with Crippen LogP contribution < -0.4 is 18.9 Å². The van der Waals surface area contributed by atoms with Crippen LogP contribution in [0.1, 0.15) is 48.5 Å². The number of ether oxygens (including phenoxy) is 4. The number of likely N-dealkylation sites (tertiary alicyclic amines) is 1. The van der Waals surface area contributed by atoms with Crippen molar-refractivity contribution in [3.05, 3.63) is 47.5 Å². The van der Waals surface area contributed by atoms with Crippen LogP contribution in [0.25, 0.3) is 0 Å². The second-order valence-corrected chi connectivity index (χ2v) is 8.54. The Morgan fingerprint density at radius 1 is 1.06 bits per heavy atom. The van der Waals surface area contributed by atoms with Gasteiger partial charge in [-0.15, -0.1) is 0 Å². The van der Waals surface area contributed by atoms with Gasteiger partial charge in [-0.3, -0.25) is 9.59 Å². The van der Waals surface area contributed by atoms with Crippen molar-refractivity contribution in [2.75, 3.05) is 33.9 Å². The molecule has 33 heavy (non-hydrogen) atoms. The molecule has 0 saturated carbocycles. The molecular formula is C26H31NO6. The maximum atomic E-state index is 12.9. The number of carbonyl (C=O) groups excluding carboxylic acids is 2. The molecule has 0 aromatic heterocycles. The lowest BCUT2D eigenvalue weighted by Gasteiger charge is -2.44. The summed E-state index contributed by atoms with van der Waals surface area (Å²) in [6, 6.07) is 11.4. The van der Waals surface area contributed by atoms with E-state index < -0.39 is 5.60 Å². The van der Waals surface area contributed by atoms with Gasteiger partial charge in [0.05, 0.1) is 39.2 Å². The topological polar surface area (TPSA) is 74.3 Å². The van der Waals surface area contributed by atoms with Crippen molar-refractivity contribution in [3.63, 3.8) is 0 Å². The van der Waals surface area contributed by atoms with E-state index in [0.29, 0.717) is 68.2 Å². The van der Waals surface area contributed by atoms with Gasteiger partial charge in [-0.2, -0.15) is 0 Å². The summed E-state index contributed by atoms with van der Waals surface area (Å²) in [4.78, 5) is 27.4. The number of hydrogen-bond acceptors (Lipinski definition) is 6. The number of piperidine rings is 1. The van der Waals surface area contributed by atoms with E-state index >= 15 is 0 Å². The Morgan fingerprint density at radius 3 is 2.42 bits per heavy atom. The molecule has 0 N–H and O–H groups in total. The quantitative estimate of drug-likeness (QED) is 0.629. The van der Waals surface area contributed by atoms with Gasteiger partial charge < -0.3 is 23.8 Å². The van der Waals surface area contributed by atoms with Crippen LogP contribution in [0, 0.1) is 0 Å². The molecule has 0 bridgehead atoms. The van der Waals surface area contributed by atoms with Gasteiger partial charge >= 0.3 is 0 Å². The van der Waals surface area contributed by atoms with Crippen molar-refractivity contribution >= 4 is 11.7 Å². The van der Waals surface area contributed by atoms with Gasteiger partial charge in [0, 0.05) is 25.9 Å². The van der Waals surface area contributed by atoms with E-state index in [9.17, 15) is 9.59 Å². The molecule has 2 heterocycles. The van der Waals surface area contributed by atoms with Crippen LogP contribution in [0.2, 0.25) is 0 Å². The van der Waals surface area contributed by atoms with Crippen molar-refractivity contribution in [2.45, 2.75) is 44.6 Å². The summed E-state index contributed by atoms with van der Waals surface area (Å²) in [7, 11) is 3.09. The van der Waals surface area contributed by atoms with Crippen LogP contribution in [0.3, 0.4) is 0 Å². The van der Waals surface area contributed by atoms with E-state index in [1.165, 1.54) is 12.7 Å². The fraction of sp³-hybridized carbons (Fsp3) is 0.462. The number of amides is 1. The Hall–Kier alpha value is -3.22. The third kappa shape index (κ3) is 4.77. The number of fused-ring (bicyclic) bond motifs is 1. The van der Waals surface area contributed by atoms with E-state index in [4.69, 9.17) is 18.9 Å². The number of ketones is 1. The molecule has 2 aromatic rings. The number of carbonyl (C=O) groups is 2. The number of aryl methyl sites for hydroxylation is 1. The molecular weight excluding hydrogens is 422 g/mol. The van der Waals surface area contributed by atoms with Gasteiger partial charge in [-0.05, 0) is 36.2 Å². The van der Waals surface area contributed by atoms with E-state index in [0.717, 1.165) is 12.2 Å². The van der Waals surface area contributed by atoms with Crippen LogP contribution in [0.5, 0.6) is 23.0 Å². The number of benzene rings is 2. The maximum Gasteiger partial charge on any atom is 0.226 e. The number of Topliss-reactive ketones (excluding diaryl/α,β-unsaturated/α-hetero) is 1. The number of nitrogens with zero attached hydrogens (tertiary/aromatic N) is 1. The van der Waals surface area contributed by atoms with Crippen molar-refractivity contribution in [1.82, 2.24) is 4.90 Å². The molecule has 0 atom stereocenters. The van der Waals surface area contributed by atoms with Gasteiger partial charge in [0.1, 0.15) is 11.4 Å². The molecule has 1 fully saturated rings. The standard InChI is InChI=1S/C26H31NO6/c1-4-18-5-7-19(8-6-18)32-16-11-23(29)27-14-12-26(13-15-27)17-21(28)20-9-10-22(30-2)25(31-3)24(20)33-26/h5-10H,4,11-17H2,1-3H3. The van der Waals surface area contributed by atoms with Gasteiger partial charge in [0.2, 0.25) is 11.7 Å². The Labute approximate surface area is 194 Å². The van der Waals surface area contributed by atoms with Crippen molar-refractivity contribution in [1.29, 1.82) is 0 Å². The molecule has 2 aromatic carbocycles. The second kappa shape index (κ2) is 9.73. The van der Waals surface area contributed by atoms with Crippen LogP contribution >= 0.6 is 0 Å². The average molecular weight is 454 g/mol. The highest BCUT2D eigenvalue weighted by Crippen LogP contribution is 2.47. The molecule has 0 radical (unpaired) electrons. The third-order valence-electron chi connectivity index (χ3n) is 6.55. The molecule has 7 nitrogen and oxygen atoms in total. The SMILES string of the molecule is CCc1ccc(OCCC(=O)N2CCC3(CC2)CC(=O)c2ccc(OC)c(OC)c2O3)cc1. The number of rotatable bonds is 7. The summed E-state index contributed by atoms with van der Waals surface area (Å²) < 4.78 is 23.0. The zero-order chi connectivity index (χ0) is 23.4. The highest BCUT2D eigenvalue weighted by atomic mass is 16.5. The lowest BCUT2D eigenvalue weighted by atomic mass is 9.82. The van der Waals surface area contributed by atoms with Crippen LogP contribution in [0.15, 0.2) is 36.4 Å². The lowest BCUT2D eigenvalue weighted by molar-refractivity contribution is -0.135. The minimum atomic E-state index is -0.627. The zero-order valence-corrected chi connectivity index (χ0v) is 19.5. The van der Waals surface area contributed by atoms with Gasteiger partial charge in [-0.1, -0.05) is 19.1 Å². The van der Waals surface area contributed by atoms with E-state index in [1.54, 1.807) is 19.2 Å². The maximum absolute atomic E-state index is 12.9. The average Bonchev–Trinajstić information content (AvgIpc) is 2.84. The first-order chi connectivity index (χ1) is 16.0. The molecule has 1 spiro atoms. The summed E-state index contributed by atoms with van der Waals surface area (Å²) in [5, 5.41) is 0. The largest absolute Gasteiger partial charge is 0.493 e. The normalized spacial score (nSPS) is 16.7. The van der Waals surface area contributed by atoms with Crippen molar-refractivity contribution in [3.8, 4) is 23.0 Å². The molecule has 0 aliphatic carbocycles. The fourth-order valence-corrected chi connectivity index (χ4v) is 4.54. The van der Waals surface area contributed by atoms with Crippen molar-refractivity contribution < 1.29 is 28.5 Å². The first-order valence-electron chi connectivity index (χ1n) is 11.5. The predicted molar refractivity (Wildman–Crippen MR) is 124 cm³/mol. The smallest absolute Gasteiger partial charge is 0.226 e. The zero-order valence-electron chi connectivity index (χ0n) is 19.5. The Bertz CT molecular complexity index is 1010. The minimum Gasteiger partial charge on any atom is -0.493 e. The summed E-state index contributed by atoms with van der Waals surface area (Å²) in [6.07, 6.45) is 2.77. The van der Waals surface area contributed by atoms with Crippen LogP contribution in [-0.4, -0.2) is 56.1 Å². The third-order valence-corrected chi connectivity index (χ3v) is 6.55. The Morgan fingerprint density at radius 2 is 1.79 bits per heavy atom. The lowest BCUT2D eigenvalue weighted by Crippen LogP contribution is -2.52. The molecule has 1 saturated heterocycles. The Kier molecular flexibility index (Phi) is 6.77. The van der Waals surface area contributed by atoms with Crippen LogP contribution in [0.4, 0.5) is 0 Å². The highest BCUT2D eigenvalue weighted by Gasteiger charge is 2.45. The monoisotopic (exact) mass is 453 g/mol. The van der Waals surface area contributed by atoms with Crippen molar-refractivity contribution in [2.24, 2.45) is 0 Å². The highest BCUT2D eigenvalue weighted by molar-refractivity contribution is 6.01. The van der Waals surface area contributed by atoms with Gasteiger partial charge in [0.15, 0.2) is 17.3 Å². The summed E-state index contributed by atoms with van der Waals surface area (Å²) in [6.45, 7) is 3.53. The second-order valence-electron chi connectivity index (χ2n) is 8.54. The number of hydrogen-bond donors (Lipinski definition) is 0. The summed E-state index contributed by atoms with van der Waals surface area (Å²) in [5.41, 5.74) is 1.14.